The molecule has 0 saturated carbocycles. The molecule has 1 heterocycles. The van der Waals surface area contributed by atoms with Crippen molar-refractivity contribution in [2.45, 2.75) is 25.7 Å². The minimum Gasteiger partial charge on any atom is -0.454 e. The molecule has 0 saturated heterocycles. The van der Waals surface area contributed by atoms with Gasteiger partial charge in [0.25, 0.3) is 6.43 Å². The fourth-order valence-electron chi connectivity index (χ4n) is 1.75. The summed E-state index contributed by atoms with van der Waals surface area (Å²) in [5.74, 6) is 0.771. The highest BCUT2D eigenvalue weighted by atomic mass is 19.3. The first kappa shape index (κ1) is 12.1. The average Bonchev–Trinajstić information content (AvgIpc) is 2.75. The Labute approximate surface area is 98.0 Å². The number of ether oxygens (including phenoxy) is 2. The molecule has 5 heteroatoms. The topological polar surface area (TPSA) is 38.7 Å². The Kier molecular flexibility index (Phi) is 2.95. The highest BCUT2D eigenvalue weighted by molar-refractivity contribution is 5.54. The SMILES string of the molecule is CC(C)(CO)c1cc(C(F)F)cc2c1OCO2. The van der Waals surface area contributed by atoms with Gasteiger partial charge in [-0.15, -0.1) is 0 Å². The fourth-order valence-corrected chi connectivity index (χ4v) is 1.75. The van der Waals surface area contributed by atoms with Crippen LogP contribution in [0.5, 0.6) is 11.5 Å². The molecule has 0 atom stereocenters. The summed E-state index contributed by atoms with van der Waals surface area (Å²) in [6, 6.07) is 2.65. The molecule has 1 aliphatic heterocycles. The van der Waals surface area contributed by atoms with Crippen LogP contribution in [0.15, 0.2) is 12.1 Å². The number of halogens is 2. The van der Waals surface area contributed by atoms with E-state index in [1.807, 2.05) is 0 Å². The minimum atomic E-state index is -2.57. The summed E-state index contributed by atoms with van der Waals surface area (Å²) >= 11 is 0. The number of alkyl halides is 2. The largest absolute Gasteiger partial charge is 0.454 e. The normalized spacial score (nSPS) is 14.5. The molecule has 0 bridgehead atoms. The molecule has 0 aliphatic carbocycles. The van der Waals surface area contributed by atoms with Crippen LogP contribution in [-0.4, -0.2) is 18.5 Å². The van der Waals surface area contributed by atoms with Crippen molar-refractivity contribution >= 4 is 0 Å². The second-order valence-electron chi connectivity index (χ2n) is 4.64. The summed E-state index contributed by atoms with van der Waals surface area (Å²) in [4.78, 5) is 0. The lowest BCUT2D eigenvalue weighted by Crippen LogP contribution is -2.22. The first-order valence-electron chi connectivity index (χ1n) is 5.29. The van der Waals surface area contributed by atoms with E-state index in [2.05, 4.69) is 0 Å². The third-order valence-corrected chi connectivity index (χ3v) is 2.87. The molecule has 0 spiro atoms. The molecule has 0 amide bonds. The Morgan fingerprint density at radius 1 is 1.35 bits per heavy atom. The summed E-state index contributed by atoms with van der Waals surface area (Å²) in [5.41, 5.74) is -0.223. The molecule has 1 aromatic rings. The first-order valence-corrected chi connectivity index (χ1v) is 5.29. The van der Waals surface area contributed by atoms with Crippen molar-refractivity contribution < 1.29 is 23.4 Å². The Bertz CT molecular complexity index is 430. The predicted octanol–water partition coefficient (Wildman–Crippen LogP) is 2.62. The number of fused-ring (bicyclic) bond motifs is 1. The van der Waals surface area contributed by atoms with Gasteiger partial charge in [-0.05, 0) is 12.1 Å². The van der Waals surface area contributed by atoms with E-state index in [-0.39, 0.29) is 19.0 Å². The van der Waals surface area contributed by atoms with Gasteiger partial charge >= 0.3 is 0 Å². The van der Waals surface area contributed by atoms with Gasteiger partial charge in [0.05, 0.1) is 6.61 Å². The molecule has 1 aliphatic rings. The second kappa shape index (κ2) is 4.14. The van der Waals surface area contributed by atoms with Crippen LogP contribution in [0.1, 0.15) is 31.4 Å². The number of aliphatic hydroxyl groups is 1. The van der Waals surface area contributed by atoms with Crippen molar-refractivity contribution in [3.63, 3.8) is 0 Å². The molecular formula is C12H14F2O3. The summed E-state index contributed by atoms with van der Waals surface area (Å²) in [5, 5.41) is 9.32. The minimum absolute atomic E-state index is 0.0243. The van der Waals surface area contributed by atoms with Crippen LogP contribution < -0.4 is 9.47 Å². The van der Waals surface area contributed by atoms with Gasteiger partial charge in [-0.1, -0.05) is 13.8 Å². The van der Waals surface area contributed by atoms with Gasteiger partial charge in [-0.3, -0.25) is 0 Å². The van der Waals surface area contributed by atoms with E-state index >= 15 is 0 Å². The van der Waals surface area contributed by atoms with Gasteiger partial charge in [0, 0.05) is 16.5 Å². The smallest absolute Gasteiger partial charge is 0.263 e. The van der Waals surface area contributed by atoms with Gasteiger partial charge in [0.1, 0.15) is 0 Å². The molecule has 94 valence electrons. The van der Waals surface area contributed by atoms with Crippen LogP contribution in [-0.2, 0) is 5.41 Å². The Hall–Kier alpha value is -1.36. The Morgan fingerprint density at radius 2 is 2.06 bits per heavy atom. The maximum atomic E-state index is 12.7. The van der Waals surface area contributed by atoms with Crippen LogP contribution in [0.4, 0.5) is 8.78 Å². The summed E-state index contributed by atoms with van der Waals surface area (Å²) in [6.07, 6.45) is -2.57. The summed E-state index contributed by atoms with van der Waals surface area (Å²) < 4.78 is 35.9. The van der Waals surface area contributed by atoms with Crippen molar-refractivity contribution in [1.82, 2.24) is 0 Å². The number of hydrogen-bond donors (Lipinski definition) is 1. The van der Waals surface area contributed by atoms with Crippen LogP contribution >= 0.6 is 0 Å². The van der Waals surface area contributed by atoms with E-state index in [0.717, 1.165) is 0 Å². The van der Waals surface area contributed by atoms with Crippen molar-refractivity contribution in [3.8, 4) is 11.5 Å². The standard InChI is InChI=1S/C12H14F2O3/c1-12(2,5-15)8-3-7(11(13)14)4-9-10(8)17-6-16-9/h3-4,11,15H,5-6H2,1-2H3. The van der Waals surface area contributed by atoms with Crippen LogP contribution in [0, 0.1) is 0 Å². The molecule has 0 fully saturated rings. The van der Waals surface area contributed by atoms with Crippen molar-refractivity contribution in [3.05, 3.63) is 23.3 Å². The number of rotatable bonds is 3. The maximum Gasteiger partial charge on any atom is 0.263 e. The molecule has 0 aromatic heterocycles. The number of benzene rings is 1. The monoisotopic (exact) mass is 244 g/mol. The van der Waals surface area contributed by atoms with Crippen LogP contribution in [0.25, 0.3) is 0 Å². The summed E-state index contributed by atoms with van der Waals surface area (Å²) in [7, 11) is 0. The van der Waals surface area contributed by atoms with Crippen molar-refractivity contribution in [2.24, 2.45) is 0 Å². The van der Waals surface area contributed by atoms with Crippen LogP contribution in [0.3, 0.4) is 0 Å². The molecule has 2 rings (SSSR count). The molecule has 1 aromatic carbocycles. The van der Waals surface area contributed by atoms with Gasteiger partial charge in [0.2, 0.25) is 6.79 Å². The quantitative estimate of drug-likeness (QED) is 0.888. The molecule has 3 nitrogen and oxygen atoms in total. The lowest BCUT2D eigenvalue weighted by atomic mass is 9.84. The van der Waals surface area contributed by atoms with E-state index < -0.39 is 11.8 Å². The predicted molar refractivity (Wildman–Crippen MR) is 57.6 cm³/mol. The number of hydrogen-bond acceptors (Lipinski definition) is 3. The van der Waals surface area contributed by atoms with Gasteiger partial charge in [0.15, 0.2) is 11.5 Å². The van der Waals surface area contributed by atoms with Crippen LogP contribution in [0.2, 0.25) is 0 Å². The second-order valence-corrected chi connectivity index (χ2v) is 4.64. The third kappa shape index (κ3) is 2.07. The summed E-state index contributed by atoms with van der Waals surface area (Å²) in [6.45, 7) is 3.39. The Balaban J connectivity index is 2.57. The fraction of sp³-hybridized carbons (Fsp3) is 0.500. The highest BCUT2D eigenvalue weighted by Gasteiger charge is 2.30. The zero-order chi connectivity index (χ0) is 12.6. The molecule has 0 unspecified atom stereocenters. The van der Waals surface area contributed by atoms with E-state index in [1.54, 1.807) is 13.8 Å². The van der Waals surface area contributed by atoms with Gasteiger partial charge in [-0.2, -0.15) is 0 Å². The van der Waals surface area contributed by atoms with Crippen molar-refractivity contribution in [1.29, 1.82) is 0 Å². The van der Waals surface area contributed by atoms with Crippen molar-refractivity contribution in [2.75, 3.05) is 13.4 Å². The lowest BCUT2D eigenvalue weighted by Gasteiger charge is -2.24. The molecule has 0 radical (unpaired) electrons. The Morgan fingerprint density at radius 3 is 2.65 bits per heavy atom. The van der Waals surface area contributed by atoms with E-state index in [4.69, 9.17) is 9.47 Å². The maximum absolute atomic E-state index is 12.7. The third-order valence-electron chi connectivity index (χ3n) is 2.87. The van der Waals surface area contributed by atoms with E-state index in [9.17, 15) is 13.9 Å². The zero-order valence-corrected chi connectivity index (χ0v) is 9.67. The zero-order valence-electron chi connectivity index (χ0n) is 9.67. The lowest BCUT2D eigenvalue weighted by molar-refractivity contribution is 0.150. The van der Waals surface area contributed by atoms with E-state index in [1.165, 1.54) is 12.1 Å². The molecular weight excluding hydrogens is 230 g/mol. The molecule has 1 N–H and O–H groups in total. The average molecular weight is 244 g/mol. The molecule has 17 heavy (non-hydrogen) atoms. The van der Waals surface area contributed by atoms with E-state index in [0.29, 0.717) is 17.1 Å². The highest BCUT2D eigenvalue weighted by Crippen LogP contribution is 2.44. The number of aliphatic hydroxyl groups excluding tert-OH is 1. The van der Waals surface area contributed by atoms with Gasteiger partial charge < -0.3 is 14.6 Å². The first-order chi connectivity index (χ1) is 7.95. The van der Waals surface area contributed by atoms with Gasteiger partial charge in [-0.25, -0.2) is 8.78 Å².